The molecular formula is C8H15N3O3. The summed E-state index contributed by atoms with van der Waals surface area (Å²) in [6.07, 6.45) is -0.523. The van der Waals surface area contributed by atoms with Gasteiger partial charge in [0.05, 0.1) is 6.61 Å². The Morgan fingerprint density at radius 2 is 2.36 bits per heavy atom. The lowest BCUT2D eigenvalue weighted by molar-refractivity contribution is -0.137. The number of rotatable bonds is 3. The van der Waals surface area contributed by atoms with Gasteiger partial charge < -0.3 is 21.1 Å². The highest BCUT2D eigenvalue weighted by atomic mass is 16.5. The van der Waals surface area contributed by atoms with Crippen LogP contribution in [0.5, 0.6) is 0 Å². The van der Waals surface area contributed by atoms with Crippen molar-refractivity contribution >= 4 is 11.8 Å². The summed E-state index contributed by atoms with van der Waals surface area (Å²) >= 11 is 0. The molecule has 14 heavy (non-hydrogen) atoms. The highest BCUT2D eigenvalue weighted by molar-refractivity contribution is 5.88. The van der Waals surface area contributed by atoms with Gasteiger partial charge in [-0.05, 0) is 6.92 Å². The van der Waals surface area contributed by atoms with Gasteiger partial charge in [-0.1, -0.05) is 0 Å². The summed E-state index contributed by atoms with van der Waals surface area (Å²) in [5.74, 6) is -0.856. The first-order valence-electron chi connectivity index (χ1n) is 4.53. The molecule has 0 saturated carbocycles. The Hall–Kier alpha value is -1.14. The molecule has 80 valence electrons. The Kier molecular flexibility index (Phi) is 3.84. The van der Waals surface area contributed by atoms with Crippen LogP contribution in [0.3, 0.4) is 0 Å². The monoisotopic (exact) mass is 201 g/mol. The van der Waals surface area contributed by atoms with E-state index in [0.29, 0.717) is 13.2 Å². The molecule has 0 aromatic carbocycles. The Balaban J connectivity index is 2.36. The number of carbonyl (C=O) groups excluding carboxylic acids is 2. The summed E-state index contributed by atoms with van der Waals surface area (Å²) < 4.78 is 5.19. The van der Waals surface area contributed by atoms with Gasteiger partial charge in [-0.15, -0.1) is 0 Å². The maximum atomic E-state index is 11.4. The van der Waals surface area contributed by atoms with Crippen molar-refractivity contribution in [1.82, 2.24) is 10.6 Å². The SMILES string of the molecule is C[C@@H](NC(=O)C1CNCCO1)C(N)=O. The molecule has 0 bridgehead atoms. The van der Waals surface area contributed by atoms with Crippen LogP contribution in [0.4, 0.5) is 0 Å². The van der Waals surface area contributed by atoms with Gasteiger partial charge in [0.2, 0.25) is 5.91 Å². The number of carbonyl (C=O) groups is 2. The van der Waals surface area contributed by atoms with Gasteiger partial charge in [-0.25, -0.2) is 0 Å². The van der Waals surface area contributed by atoms with Crippen molar-refractivity contribution in [3.63, 3.8) is 0 Å². The number of primary amides is 1. The van der Waals surface area contributed by atoms with Gasteiger partial charge in [0.15, 0.2) is 0 Å². The summed E-state index contributed by atoms with van der Waals surface area (Å²) in [6.45, 7) is 3.26. The zero-order valence-electron chi connectivity index (χ0n) is 8.08. The first-order valence-corrected chi connectivity index (χ1v) is 4.53. The van der Waals surface area contributed by atoms with Crippen LogP contribution in [0.15, 0.2) is 0 Å². The smallest absolute Gasteiger partial charge is 0.251 e. The Morgan fingerprint density at radius 3 is 2.86 bits per heavy atom. The predicted octanol–water partition coefficient (Wildman–Crippen LogP) is -2.04. The second kappa shape index (κ2) is 4.92. The quantitative estimate of drug-likeness (QED) is 0.490. The molecule has 2 amide bonds. The average Bonchev–Trinajstić information content (AvgIpc) is 2.19. The second-order valence-corrected chi connectivity index (χ2v) is 3.20. The molecule has 6 heteroatoms. The van der Waals surface area contributed by atoms with E-state index in [1.807, 2.05) is 0 Å². The minimum Gasteiger partial charge on any atom is -0.368 e. The third-order valence-corrected chi connectivity index (χ3v) is 2.01. The summed E-state index contributed by atoms with van der Waals surface area (Å²) in [6, 6.07) is -0.659. The molecule has 0 aromatic rings. The fourth-order valence-corrected chi connectivity index (χ4v) is 1.11. The van der Waals surface area contributed by atoms with Crippen LogP contribution in [-0.4, -0.2) is 43.7 Å². The van der Waals surface area contributed by atoms with Crippen LogP contribution in [0.1, 0.15) is 6.92 Å². The van der Waals surface area contributed by atoms with Crippen molar-refractivity contribution in [3.05, 3.63) is 0 Å². The van der Waals surface area contributed by atoms with Crippen molar-refractivity contribution in [2.24, 2.45) is 5.73 Å². The summed E-state index contributed by atoms with van der Waals surface area (Å²) in [4.78, 5) is 22.1. The zero-order chi connectivity index (χ0) is 10.6. The Bertz CT molecular complexity index is 226. The standard InChI is InChI=1S/C8H15N3O3/c1-5(7(9)12)11-8(13)6-4-10-2-3-14-6/h5-6,10H,2-4H2,1H3,(H2,9,12)(H,11,13)/t5-,6?/m1/s1. The molecule has 0 radical (unpaired) electrons. The van der Waals surface area contributed by atoms with E-state index in [0.717, 1.165) is 6.54 Å². The largest absolute Gasteiger partial charge is 0.368 e. The fraction of sp³-hybridized carbons (Fsp3) is 0.750. The number of hydrogen-bond donors (Lipinski definition) is 3. The number of hydrogen-bond acceptors (Lipinski definition) is 4. The maximum absolute atomic E-state index is 11.4. The minimum absolute atomic E-state index is 0.302. The molecule has 1 saturated heterocycles. The molecule has 1 aliphatic rings. The molecule has 1 rings (SSSR count). The normalized spacial score (nSPS) is 23.9. The summed E-state index contributed by atoms with van der Waals surface area (Å²) in [5.41, 5.74) is 5.00. The van der Waals surface area contributed by atoms with E-state index in [1.54, 1.807) is 0 Å². The van der Waals surface area contributed by atoms with Crippen LogP contribution in [0, 0.1) is 0 Å². The fourth-order valence-electron chi connectivity index (χ4n) is 1.11. The van der Waals surface area contributed by atoms with E-state index in [9.17, 15) is 9.59 Å². The summed E-state index contributed by atoms with van der Waals surface area (Å²) in [7, 11) is 0. The lowest BCUT2D eigenvalue weighted by Crippen LogP contribution is -2.52. The van der Waals surface area contributed by atoms with E-state index in [2.05, 4.69) is 10.6 Å². The van der Waals surface area contributed by atoms with E-state index in [4.69, 9.17) is 10.5 Å². The second-order valence-electron chi connectivity index (χ2n) is 3.20. The lowest BCUT2D eigenvalue weighted by Gasteiger charge is -2.23. The highest BCUT2D eigenvalue weighted by Crippen LogP contribution is 1.96. The van der Waals surface area contributed by atoms with Crippen LogP contribution in [0.25, 0.3) is 0 Å². The van der Waals surface area contributed by atoms with Gasteiger partial charge in [-0.3, -0.25) is 9.59 Å². The molecule has 0 aromatic heterocycles. The number of nitrogens with one attached hydrogen (secondary N) is 2. The number of morpholine rings is 1. The van der Waals surface area contributed by atoms with E-state index < -0.39 is 18.1 Å². The van der Waals surface area contributed by atoms with E-state index in [-0.39, 0.29) is 5.91 Å². The molecule has 1 heterocycles. The van der Waals surface area contributed by atoms with Crippen molar-refractivity contribution in [3.8, 4) is 0 Å². The van der Waals surface area contributed by atoms with Crippen LogP contribution >= 0.6 is 0 Å². The predicted molar refractivity (Wildman–Crippen MR) is 49.4 cm³/mol. The van der Waals surface area contributed by atoms with Crippen LogP contribution in [0.2, 0.25) is 0 Å². The molecule has 0 spiro atoms. The zero-order valence-corrected chi connectivity index (χ0v) is 8.08. The molecule has 1 fully saturated rings. The molecule has 0 aliphatic carbocycles. The van der Waals surface area contributed by atoms with Gasteiger partial charge in [0, 0.05) is 13.1 Å². The first kappa shape index (κ1) is 10.9. The third-order valence-electron chi connectivity index (χ3n) is 2.01. The highest BCUT2D eigenvalue weighted by Gasteiger charge is 2.23. The van der Waals surface area contributed by atoms with Crippen molar-refractivity contribution in [2.45, 2.75) is 19.1 Å². The number of amides is 2. The van der Waals surface area contributed by atoms with Gasteiger partial charge in [-0.2, -0.15) is 0 Å². The molecule has 6 nitrogen and oxygen atoms in total. The maximum Gasteiger partial charge on any atom is 0.251 e. The van der Waals surface area contributed by atoms with E-state index in [1.165, 1.54) is 6.92 Å². The van der Waals surface area contributed by atoms with Crippen molar-refractivity contribution in [2.75, 3.05) is 19.7 Å². The molecule has 2 atom stereocenters. The average molecular weight is 201 g/mol. The molecule has 1 aliphatic heterocycles. The molecular weight excluding hydrogens is 186 g/mol. The third kappa shape index (κ3) is 2.97. The molecule has 1 unspecified atom stereocenters. The molecule has 4 N–H and O–H groups in total. The van der Waals surface area contributed by atoms with Gasteiger partial charge in [0.1, 0.15) is 12.1 Å². The summed E-state index contributed by atoms with van der Waals surface area (Å²) in [5, 5.41) is 5.49. The van der Waals surface area contributed by atoms with E-state index >= 15 is 0 Å². The van der Waals surface area contributed by atoms with Crippen molar-refractivity contribution < 1.29 is 14.3 Å². The number of ether oxygens (including phenoxy) is 1. The van der Waals surface area contributed by atoms with Crippen molar-refractivity contribution in [1.29, 1.82) is 0 Å². The lowest BCUT2D eigenvalue weighted by atomic mass is 10.2. The van der Waals surface area contributed by atoms with Gasteiger partial charge in [0.25, 0.3) is 5.91 Å². The number of nitrogens with two attached hydrogens (primary N) is 1. The Labute approximate surface area is 82.2 Å². The Morgan fingerprint density at radius 1 is 1.64 bits per heavy atom. The van der Waals surface area contributed by atoms with Crippen LogP contribution < -0.4 is 16.4 Å². The first-order chi connectivity index (χ1) is 6.61. The van der Waals surface area contributed by atoms with Crippen LogP contribution in [-0.2, 0) is 14.3 Å². The topological polar surface area (TPSA) is 93.4 Å². The minimum atomic E-state index is -0.659. The van der Waals surface area contributed by atoms with Gasteiger partial charge >= 0.3 is 0 Å².